The molecule has 3 aliphatic heterocycles. The van der Waals surface area contributed by atoms with Crippen molar-refractivity contribution in [3.8, 4) is 5.75 Å². The summed E-state index contributed by atoms with van der Waals surface area (Å²) in [5.41, 5.74) is 3.94. The Morgan fingerprint density at radius 2 is 2.00 bits per heavy atom. The van der Waals surface area contributed by atoms with Gasteiger partial charge in [0.2, 0.25) is 0 Å². The lowest BCUT2D eigenvalue weighted by atomic mass is 9.89. The number of ether oxygens (including phenoxy) is 1. The SMILES string of the molecule is COc1ccc(C2=CC(=O)N3C=C(N4CCNC(C)C4)C=CC3=CCC2C)cc1Cl. The molecule has 5 nitrogen and oxygen atoms in total. The molecule has 0 aliphatic carbocycles. The Hall–Kier alpha value is -2.50. The summed E-state index contributed by atoms with van der Waals surface area (Å²) in [6.45, 7) is 7.13. The maximum atomic E-state index is 13.3. The number of rotatable bonds is 3. The molecule has 6 heteroatoms. The smallest absolute Gasteiger partial charge is 0.255 e. The molecule has 1 aromatic rings. The summed E-state index contributed by atoms with van der Waals surface area (Å²) in [6, 6.07) is 6.12. The van der Waals surface area contributed by atoms with Crippen LogP contribution in [0.1, 0.15) is 25.8 Å². The molecule has 158 valence electrons. The number of fused-ring (bicyclic) bond motifs is 1. The Kier molecular flexibility index (Phi) is 6.02. The Bertz CT molecular complexity index is 963. The highest BCUT2D eigenvalue weighted by molar-refractivity contribution is 6.32. The number of carbonyl (C=O) groups is 1. The van der Waals surface area contributed by atoms with Gasteiger partial charge >= 0.3 is 0 Å². The highest BCUT2D eigenvalue weighted by Gasteiger charge is 2.25. The summed E-state index contributed by atoms with van der Waals surface area (Å²) in [7, 11) is 1.60. The fourth-order valence-corrected chi connectivity index (χ4v) is 4.45. The molecular formula is C24H28ClN3O2. The van der Waals surface area contributed by atoms with Crippen LogP contribution in [0.2, 0.25) is 5.02 Å². The Morgan fingerprint density at radius 1 is 1.20 bits per heavy atom. The van der Waals surface area contributed by atoms with Gasteiger partial charge in [-0.25, -0.2) is 0 Å². The van der Waals surface area contributed by atoms with E-state index in [9.17, 15) is 4.79 Å². The van der Waals surface area contributed by atoms with E-state index in [1.165, 1.54) is 0 Å². The number of halogens is 1. The van der Waals surface area contributed by atoms with Crippen LogP contribution in [0.3, 0.4) is 0 Å². The molecule has 1 aromatic carbocycles. The number of benzene rings is 1. The fourth-order valence-electron chi connectivity index (χ4n) is 4.20. The van der Waals surface area contributed by atoms with Gasteiger partial charge in [-0.15, -0.1) is 0 Å². The van der Waals surface area contributed by atoms with E-state index in [0.717, 1.165) is 48.6 Å². The maximum Gasteiger partial charge on any atom is 0.255 e. The van der Waals surface area contributed by atoms with E-state index >= 15 is 0 Å². The van der Waals surface area contributed by atoms with Gasteiger partial charge < -0.3 is 15.0 Å². The monoisotopic (exact) mass is 425 g/mol. The Balaban J connectivity index is 1.65. The molecule has 2 unspecified atom stereocenters. The van der Waals surface area contributed by atoms with Crippen molar-refractivity contribution < 1.29 is 9.53 Å². The summed E-state index contributed by atoms with van der Waals surface area (Å²) in [6.07, 6.45) is 10.9. The number of allylic oxidation sites excluding steroid dienone is 4. The third-order valence-electron chi connectivity index (χ3n) is 5.91. The molecule has 0 radical (unpaired) electrons. The minimum Gasteiger partial charge on any atom is -0.495 e. The van der Waals surface area contributed by atoms with E-state index in [0.29, 0.717) is 16.8 Å². The van der Waals surface area contributed by atoms with Crippen LogP contribution >= 0.6 is 11.6 Å². The van der Waals surface area contributed by atoms with Gasteiger partial charge in [0.1, 0.15) is 5.75 Å². The predicted octanol–water partition coefficient (Wildman–Crippen LogP) is 4.19. The lowest BCUT2D eigenvalue weighted by molar-refractivity contribution is -0.122. The molecule has 2 atom stereocenters. The molecule has 0 spiro atoms. The van der Waals surface area contributed by atoms with Crippen molar-refractivity contribution in [2.45, 2.75) is 26.3 Å². The number of hydrogen-bond acceptors (Lipinski definition) is 4. The first-order valence-corrected chi connectivity index (χ1v) is 10.8. The number of piperazine rings is 1. The molecule has 3 heterocycles. The number of carbonyl (C=O) groups excluding carboxylic acids is 1. The van der Waals surface area contributed by atoms with Crippen LogP contribution in [0.15, 0.2) is 60.1 Å². The van der Waals surface area contributed by atoms with Gasteiger partial charge in [-0.3, -0.25) is 9.69 Å². The first-order chi connectivity index (χ1) is 14.5. The van der Waals surface area contributed by atoms with Gasteiger partial charge in [-0.05, 0) is 54.7 Å². The van der Waals surface area contributed by atoms with Crippen molar-refractivity contribution in [3.63, 3.8) is 0 Å². The third kappa shape index (κ3) is 4.18. The van der Waals surface area contributed by atoms with Gasteiger partial charge in [0.25, 0.3) is 5.91 Å². The summed E-state index contributed by atoms with van der Waals surface area (Å²) >= 11 is 6.34. The minimum absolute atomic E-state index is 0.0419. The molecule has 3 aliphatic rings. The number of amides is 1. The maximum absolute atomic E-state index is 13.3. The van der Waals surface area contributed by atoms with E-state index in [4.69, 9.17) is 16.3 Å². The predicted molar refractivity (Wildman–Crippen MR) is 121 cm³/mol. The van der Waals surface area contributed by atoms with E-state index < -0.39 is 0 Å². The van der Waals surface area contributed by atoms with E-state index in [2.05, 4.69) is 42.3 Å². The summed E-state index contributed by atoms with van der Waals surface area (Å²) in [5.74, 6) is 0.785. The fraction of sp³-hybridized carbons (Fsp3) is 0.375. The van der Waals surface area contributed by atoms with E-state index in [1.807, 2.05) is 24.4 Å². The van der Waals surface area contributed by atoms with Gasteiger partial charge in [0.05, 0.1) is 17.8 Å². The zero-order valence-corrected chi connectivity index (χ0v) is 18.4. The number of methoxy groups -OCH3 is 1. The Labute approximate surface area is 183 Å². The third-order valence-corrected chi connectivity index (χ3v) is 6.21. The second kappa shape index (κ2) is 8.70. The molecule has 1 fully saturated rings. The quantitative estimate of drug-likeness (QED) is 0.788. The van der Waals surface area contributed by atoms with Gasteiger partial charge in [-0.1, -0.05) is 30.7 Å². The average Bonchev–Trinajstić information content (AvgIpc) is 2.74. The second-order valence-electron chi connectivity index (χ2n) is 8.11. The van der Waals surface area contributed by atoms with Crippen molar-refractivity contribution in [2.75, 3.05) is 26.7 Å². The average molecular weight is 426 g/mol. The number of nitrogens with zero attached hydrogens (tertiary/aromatic N) is 2. The van der Waals surface area contributed by atoms with E-state index in [1.54, 1.807) is 18.1 Å². The molecule has 0 bridgehead atoms. The van der Waals surface area contributed by atoms with Crippen molar-refractivity contribution in [1.29, 1.82) is 0 Å². The molecule has 0 saturated carbocycles. The van der Waals surface area contributed by atoms with Crippen LogP contribution in [0.4, 0.5) is 0 Å². The van der Waals surface area contributed by atoms with Crippen molar-refractivity contribution in [1.82, 2.24) is 15.1 Å². The second-order valence-corrected chi connectivity index (χ2v) is 8.52. The van der Waals surface area contributed by atoms with Crippen molar-refractivity contribution in [3.05, 3.63) is 70.7 Å². The molecular weight excluding hydrogens is 398 g/mol. The highest BCUT2D eigenvalue weighted by Crippen LogP contribution is 2.35. The van der Waals surface area contributed by atoms with Crippen LogP contribution in [0, 0.1) is 5.92 Å². The van der Waals surface area contributed by atoms with Crippen LogP contribution < -0.4 is 10.1 Å². The zero-order valence-electron chi connectivity index (χ0n) is 17.7. The molecule has 1 saturated heterocycles. The molecule has 1 N–H and O–H groups in total. The van der Waals surface area contributed by atoms with Crippen LogP contribution in [0.5, 0.6) is 5.75 Å². The van der Waals surface area contributed by atoms with Crippen LogP contribution in [0.25, 0.3) is 5.57 Å². The molecule has 0 aromatic heterocycles. The largest absolute Gasteiger partial charge is 0.495 e. The van der Waals surface area contributed by atoms with Gasteiger partial charge in [0, 0.05) is 43.6 Å². The first-order valence-electron chi connectivity index (χ1n) is 10.4. The normalized spacial score (nSPS) is 24.4. The van der Waals surface area contributed by atoms with Crippen molar-refractivity contribution >= 4 is 23.1 Å². The van der Waals surface area contributed by atoms with E-state index in [-0.39, 0.29) is 11.8 Å². The van der Waals surface area contributed by atoms with Gasteiger partial charge in [-0.2, -0.15) is 0 Å². The minimum atomic E-state index is -0.0419. The lowest BCUT2D eigenvalue weighted by Crippen LogP contribution is -2.48. The summed E-state index contributed by atoms with van der Waals surface area (Å²) in [5, 5.41) is 4.01. The Morgan fingerprint density at radius 3 is 2.73 bits per heavy atom. The first kappa shape index (κ1) is 20.8. The number of hydrogen-bond donors (Lipinski definition) is 1. The van der Waals surface area contributed by atoms with Crippen LogP contribution in [-0.4, -0.2) is 48.5 Å². The zero-order chi connectivity index (χ0) is 21.3. The van der Waals surface area contributed by atoms with Crippen molar-refractivity contribution in [2.24, 2.45) is 5.92 Å². The standard InChI is InChI=1S/C24H28ClN3O2/c1-16-4-6-19-7-8-20(27-11-10-26-17(2)14-27)15-28(19)24(29)13-21(16)18-5-9-23(30-3)22(25)12-18/h5-9,12-13,15-17,26H,4,10-11,14H2,1-3H3. The molecule has 4 rings (SSSR count). The molecule has 30 heavy (non-hydrogen) atoms. The summed E-state index contributed by atoms with van der Waals surface area (Å²) in [4.78, 5) is 17.4. The van der Waals surface area contributed by atoms with Crippen LogP contribution in [-0.2, 0) is 4.79 Å². The summed E-state index contributed by atoms with van der Waals surface area (Å²) < 4.78 is 5.27. The lowest BCUT2D eigenvalue weighted by Gasteiger charge is -2.36. The molecule has 1 amide bonds. The highest BCUT2D eigenvalue weighted by atomic mass is 35.5. The number of nitrogens with one attached hydrogen (secondary N) is 1. The van der Waals surface area contributed by atoms with Gasteiger partial charge in [0.15, 0.2) is 0 Å². The topological polar surface area (TPSA) is 44.8 Å².